The standard InChI is InChI=1S/C20H28N4O3/c1-4-17(25)23-11-7-10-22(12-13-23)14-18(26)24-16-9-6-5-8-15(16)21-19(27)20(24,2)3/h5-6,8-9H,4,7,10-14H2,1-3H3,(H,21,27). The van der Waals surface area contributed by atoms with E-state index in [1.807, 2.05) is 36.1 Å². The highest BCUT2D eigenvalue weighted by atomic mass is 16.2. The van der Waals surface area contributed by atoms with Crippen LogP contribution in [0.2, 0.25) is 0 Å². The Hall–Kier alpha value is -2.41. The second kappa shape index (κ2) is 7.68. The molecule has 2 heterocycles. The Kier molecular flexibility index (Phi) is 5.51. The van der Waals surface area contributed by atoms with Crippen molar-refractivity contribution >= 4 is 29.1 Å². The quantitative estimate of drug-likeness (QED) is 0.876. The number of para-hydroxylation sites is 2. The molecule has 0 bridgehead atoms. The first-order valence-electron chi connectivity index (χ1n) is 9.58. The summed E-state index contributed by atoms with van der Waals surface area (Å²) in [6.45, 7) is 8.44. The van der Waals surface area contributed by atoms with Crippen molar-refractivity contribution in [3.63, 3.8) is 0 Å². The molecule has 146 valence electrons. The molecule has 0 saturated carbocycles. The Morgan fingerprint density at radius 3 is 2.56 bits per heavy atom. The summed E-state index contributed by atoms with van der Waals surface area (Å²) in [5.74, 6) is -0.131. The molecule has 2 aliphatic rings. The summed E-state index contributed by atoms with van der Waals surface area (Å²) >= 11 is 0. The molecule has 2 aliphatic heterocycles. The van der Waals surface area contributed by atoms with E-state index in [-0.39, 0.29) is 24.3 Å². The molecule has 0 spiro atoms. The van der Waals surface area contributed by atoms with E-state index in [4.69, 9.17) is 0 Å². The molecule has 3 amide bonds. The van der Waals surface area contributed by atoms with Gasteiger partial charge in [-0.05, 0) is 32.4 Å². The van der Waals surface area contributed by atoms with Crippen molar-refractivity contribution in [3.8, 4) is 0 Å². The van der Waals surface area contributed by atoms with E-state index in [0.29, 0.717) is 25.2 Å². The zero-order chi connectivity index (χ0) is 19.6. The lowest BCUT2D eigenvalue weighted by Gasteiger charge is -2.42. The number of carbonyl (C=O) groups is 3. The number of rotatable bonds is 3. The van der Waals surface area contributed by atoms with Crippen molar-refractivity contribution < 1.29 is 14.4 Å². The van der Waals surface area contributed by atoms with E-state index in [2.05, 4.69) is 10.2 Å². The number of nitrogens with zero attached hydrogens (tertiary/aromatic N) is 3. The van der Waals surface area contributed by atoms with Crippen LogP contribution in [0.25, 0.3) is 0 Å². The lowest BCUT2D eigenvalue weighted by atomic mass is 9.96. The van der Waals surface area contributed by atoms with Gasteiger partial charge in [0.05, 0.1) is 17.9 Å². The number of nitrogens with one attached hydrogen (secondary N) is 1. The van der Waals surface area contributed by atoms with Crippen molar-refractivity contribution in [1.82, 2.24) is 9.80 Å². The minimum absolute atomic E-state index is 0.0995. The van der Waals surface area contributed by atoms with E-state index in [9.17, 15) is 14.4 Å². The highest BCUT2D eigenvalue weighted by Crippen LogP contribution is 2.36. The van der Waals surface area contributed by atoms with Gasteiger partial charge in [0.15, 0.2) is 0 Å². The lowest BCUT2D eigenvalue weighted by molar-refractivity contribution is -0.130. The third kappa shape index (κ3) is 3.83. The fourth-order valence-corrected chi connectivity index (χ4v) is 3.76. The molecule has 1 aromatic rings. The summed E-state index contributed by atoms with van der Waals surface area (Å²) in [5.41, 5.74) is 0.428. The molecule has 0 aliphatic carbocycles. The summed E-state index contributed by atoms with van der Waals surface area (Å²) in [5, 5.41) is 2.88. The van der Waals surface area contributed by atoms with Gasteiger partial charge in [-0.1, -0.05) is 19.1 Å². The summed E-state index contributed by atoms with van der Waals surface area (Å²) in [7, 11) is 0. The molecule has 0 aromatic heterocycles. The van der Waals surface area contributed by atoms with Crippen molar-refractivity contribution in [2.75, 3.05) is 42.9 Å². The molecule has 0 unspecified atom stereocenters. The predicted octanol–water partition coefficient (Wildman–Crippen LogP) is 1.69. The third-order valence-electron chi connectivity index (χ3n) is 5.36. The maximum absolute atomic E-state index is 13.2. The number of anilines is 2. The molecule has 1 saturated heterocycles. The molecule has 7 heteroatoms. The van der Waals surface area contributed by atoms with Crippen molar-refractivity contribution in [2.45, 2.75) is 39.2 Å². The fourth-order valence-electron chi connectivity index (χ4n) is 3.76. The largest absolute Gasteiger partial charge is 0.341 e. The SMILES string of the molecule is CCC(=O)N1CCCN(CC(=O)N2c3ccccc3NC(=O)C2(C)C)CC1. The Labute approximate surface area is 160 Å². The van der Waals surface area contributed by atoms with Crippen LogP contribution >= 0.6 is 0 Å². The van der Waals surface area contributed by atoms with Gasteiger partial charge in [0, 0.05) is 32.6 Å². The van der Waals surface area contributed by atoms with Gasteiger partial charge >= 0.3 is 0 Å². The Morgan fingerprint density at radius 1 is 1.07 bits per heavy atom. The van der Waals surface area contributed by atoms with E-state index in [1.54, 1.807) is 18.7 Å². The number of benzene rings is 1. The average molecular weight is 372 g/mol. The zero-order valence-electron chi connectivity index (χ0n) is 16.3. The van der Waals surface area contributed by atoms with Crippen molar-refractivity contribution in [3.05, 3.63) is 24.3 Å². The maximum atomic E-state index is 13.2. The van der Waals surface area contributed by atoms with E-state index >= 15 is 0 Å². The van der Waals surface area contributed by atoms with Gasteiger partial charge in [-0.3, -0.25) is 24.2 Å². The Morgan fingerprint density at radius 2 is 1.81 bits per heavy atom. The Bertz CT molecular complexity index is 746. The van der Waals surface area contributed by atoms with Crippen LogP contribution in [0.4, 0.5) is 11.4 Å². The minimum atomic E-state index is -0.957. The highest BCUT2D eigenvalue weighted by Gasteiger charge is 2.43. The second-order valence-corrected chi connectivity index (χ2v) is 7.62. The minimum Gasteiger partial charge on any atom is -0.341 e. The fraction of sp³-hybridized carbons (Fsp3) is 0.550. The van der Waals surface area contributed by atoms with Crippen molar-refractivity contribution in [2.24, 2.45) is 0 Å². The molecule has 0 atom stereocenters. The summed E-state index contributed by atoms with van der Waals surface area (Å²) < 4.78 is 0. The van der Waals surface area contributed by atoms with E-state index in [1.165, 1.54) is 0 Å². The first-order valence-corrected chi connectivity index (χ1v) is 9.58. The molecule has 7 nitrogen and oxygen atoms in total. The van der Waals surface area contributed by atoms with Crippen LogP contribution < -0.4 is 10.2 Å². The highest BCUT2D eigenvalue weighted by molar-refractivity contribution is 6.14. The second-order valence-electron chi connectivity index (χ2n) is 7.62. The number of hydrogen-bond donors (Lipinski definition) is 1. The third-order valence-corrected chi connectivity index (χ3v) is 5.36. The van der Waals surface area contributed by atoms with Gasteiger partial charge < -0.3 is 10.2 Å². The molecule has 0 radical (unpaired) electrons. The van der Waals surface area contributed by atoms with Gasteiger partial charge in [0.2, 0.25) is 17.7 Å². The maximum Gasteiger partial charge on any atom is 0.250 e. The van der Waals surface area contributed by atoms with Crippen LogP contribution in [0.1, 0.15) is 33.6 Å². The lowest BCUT2D eigenvalue weighted by Crippen LogP contribution is -2.60. The van der Waals surface area contributed by atoms with Gasteiger partial charge in [-0.15, -0.1) is 0 Å². The topological polar surface area (TPSA) is 73.0 Å². The summed E-state index contributed by atoms with van der Waals surface area (Å²) in [6.07, 6.45) is 1.35. The number of amides is 3. The van der Waals surface area contributed by atoms with Crippen LogP contribution in [0, 0.1) is 0 Å². The van der Waals surface area contributed by atoms with Gasteiger partial charge in [0.25, 0.3) is 0 Å². The van der Waals surface area contributed by atoms with Crippen LogP contribution in [0.15, 0.2) is 24.3 Å². The van der Waals surface area contributed by atoms with Crippen LogP contribution in [-0.2, 0) is 14.4 Å². The van der Waals surface area contributed by atoms with Gasteiger partial charge in [-0.2, -0.15) is 0 Å². The van der Waals surface area contributed by atoms with Crippen LogP contribution in [0.5, 0.6) is 0 Å². The van der Waals surface area contributed by atoms with Crippen LogP contribution in [-0.4, -0.2) is 65.8 Å². The molecule has 27 heavy (non-hydrogen) atoms. The Balaban J connectivity index is 1.75. The average Bonchev–Trinajstić information content (AvgIpc) is 2.87. The molecule has 1 fully saturated rings. The normalized spacial score (nSPS) is 19.9. The predicted molar refractivity (Wildman–Crippen MR) is 105 cm³/mol. The summed E-state index contributed by atoms with van der Waals surface area (Å²) in [6, 6.07) is 7.38. The zero-order valence-corrected chi connectivity index (χ0v) is 16.3. The molecular weight excluding hydrogens is 344 g/mol. The molecule has 1 aromatic carbocycles. The number of carbonyl (C=O) groups excluding carboxylic acids is 3. The van der Waals surface area contributed by atoms with E-state index < -0.39 is 5.54 Å². The van der Waals surface area contributed by atoms with Crippen molar-refractivity contribution in [1.29, 1.82) is 0 Å². The monoisotopic (exact) mass is 372 g/mol. The van der Waals surface area contributed by atoms with Gasteiger partial charge in [0.1, 0.15) is 5.54 Å². The molecular formula is C20H28N4O3. The summed E-state index contributed by atoms with van der Waals surface area (Å²) in [4.78, 5) is 43.2. The molecule has 3 rings (SSSR count). The van der Waals surface area contributed by atoms with Gasteiger partial charge in [-0.25, -0.2) is 0 Å². The first-order chi connectivity index (χ1) is 12.8. The van der Waals surface area contributed by atoms with E-state index in [0.717, 1.165) is 25.2 Å². The van der Waals surface area contributed by atoms with Crippen LogP contribution in [0.3, 0.4) is 0 Å². The number of hydrogen-bond acceptors (Lipinski definition) is 4. The smallest absolute Gasteiger partial charge is 0.250 e. The first kappa shape index (κ1) is 19.4. The molecule has 1 N–H and O–H groups in total. The number of fused-ring (bicyclic) bond motifs is 1.